The zero-order chi connectivity index (χ0) is 12.8. The number of hydrogen-bond acceptors (Lipinski definition) is 5. The Labute approximate surface area is 103 Å². The van der Waals surface area contributed by atoms with Crippen LogP contribution in [-0.2, 0) is 11.2 Å². The average Bonchev–Trinajstić information content (AvgIpc) is 2.66. The maximum atomic E-state index is 5.68. The number of hydrogen-bond donors (Lipinski definition) is 1. The summed E-state index contributed by atoms with van der Waals surface area (Å²) in [5, 5.41) is 3.96. The Morgan fingerprint density at radius 2 is 2.06 bits per heavy atom. The third kappa shape index (κ3) is 4.44. The molecule has 0 amide bonds. The van der Waals surface area contributed by atoms with Crippen molar-refractivity contribution in [2.24, 2.45) is 11.7 Å². The maximum Gasteiger partial charge on any atom is 0.226 e. The molecule has 1 rings (SSSR count). The third-order valence-corrected chi connectivity index (χ3v) is 2.65. The first kappa shape index (κ1) is 14.1. The lowest BCUT2D eigenvalue weighted by atomic mass is 10.1. The van der Waals surface area contributed by atoms with E-state index in [-0.39, 0.29) is 12.1 Å². The summed E-state index contributed by atoms with van der Waals surface area (Å²) in [4.78, 5) is 4.36. The van der Waals surface area contributed by atoms with Crippen molar-refractivity contribution in [1.29, 1.82) is 0 Å². The summed E-state index contributed by atoms with van der Waals surface area (Å²) in [6.07, 6.45) is 2.62. The van der Waals surface area contributed by atoms with Crippen molar-refractivity contribution in [2.75, 3.05) is 7.11 Å². The molecule has 1 aromatic rings. The van der Waals surface area contributed by atoms with Crippen molar-refractivity contribution in [1.82, 2.24) is 10.1 Å². The highest BCUT2D eigenvalue weighted by atomic mass is 16.5. The van der Waals surface area contributed by atoms with E-state index in [0.29, 0.717) is 17.6 Å². The minimum Gasteiger partial charge on any atom is -0.373 e. The van der Waals surface area contributed by atoms with Gasteiger partial charge in [0.05, 0.1) is 0 Å². The summed E-state index contributed by atoms with van der Waals surface area (Å²) >= 11 is 0. The molecule has 0 saturated carbocycles. The highest BCUT2D eigenvalue weighted by Crippen LogP contribution is 2.22. The van der Waals surface area contributed by atoms with Gasteiger partial charge in [-0.25, -0.2) is 0 Å². The monoisotopic (exact) mass is 241 g/mol. The van der Waals surface area contributed by atoms with Crippen molar-refractivity contribution in [2.45, 2.75) is 52.2 Å². The Kier molecular flexibility index (Phi) is 5.58. The SMILES string of the molecule is COC(c1noc(CCCC(C)N)n1)C(C)C. The van der Waals surface area contributed by atoms with E-state index in [0.717, 1.165) is 19.3 Å². The van der Waals surface area contributed by atoms with Crippen molar-refractivity contribution < 1.29 is 9.26 Å². The average molecular weight is 241 g/mol. The molecular weight excluding hydrogens is 218 g/mol. The van der Waals surface area contributed by atoms with Gasteiger partial charge in [0.25, 0.3) is 0 Å². The Balaban J connectivity index is 2.52. The topological polar surface area (TPSA) is 74.2 Å². The van der Waals surface area contributed by atoms with Gasteiger partial charge in [0, 0.05) is 19.6 Å². The predicted octanol–water partition coefficient (Wildman–Crippen LogP) is 2.08. The molecule has 0 aliphatic rings. The van der Waals surface area contributed by atoms with Crippen LogP contribution in [0.1, 0.15) is 51.4 Å². The minimum atomic E-state index is -0.0964. The molecule has 0 radical (unpaired) electrons. The number of nitrogens with zero attached hydrogens (tertiary/aromatic N) is 2. The highest BCUT2D eigenvalue weighted by Gasteiger charge is 2.21. The van der Waals surface area contributed by atoms with E-state index in [1.54, 1.807) is 7.11 Å². The standard InChI is InChI=1S/C12H23N3O2/c1-8(2)11(16-4)12-14-10(17-15-12)7-5-6-9(3)13/h8-9,11H,5-7,13H2,1-4H3. The van der Waals surface area contributed by atoms with Crippen LogP contribution in [0.25, 0.3) is 0 Å². The molecular formula is C12H23N3O2. The quantitative estimate of drug-likeness (QED) is 0.791. The summed E-state index contributed by atoms with van der Waals surface area (Å²) in [6, 6.07) is 0.222. The number of nitrogens with two attached hydrogens (primary N) is 1. The van der Waals surface area contributed by atoms with E-state index >= 15 is 0 Å². The van der Waals surface area contributed by atoms with Gasteiger partial charge in [0.1, 0.15) is 6.10 Å². The molecule has 0 bridgehead atoms. The molecule has 0 aliphatic carbocycles. The van der Waals surface area contributed by atoms with Gasteiger partial charge in [-0.05, 0) is 25.7 Å². The zero-order valence-corrected chi connectivity index (χ0v) is 11.1. The van der Waals surface area contributed by atoms with Crippen LogP contribution in [0.2, 0.25) is 0 Å². The first-order chi connectivity index (χ1) is 8.04. The van der Waals surface area contributed by atoms with E-state index in [9.17, 15) is 0 Å². The molecule has 0 saturated heterocycles. The Bertz CT molecular complexity index is 323. The number of methoxy groups -OCH3 is 1. The molecule has 0 fully saturated rings. The van der Waals surface area contributed by atoms with Gasteiger partial charge < -0.3 is 15.0 Å². The van der Waals surface area contributed by atoms with Crippen molar-refractivity contribution >= 4 is 0 Å². The first-order valence-corrected chi connectivity index (χ1v) is 6.15. The number of aryl methyl sites for hydroxylation is 1. The number of rotatable bonds is 7. The van der Waals surface area contributed by atoms with Gasteiger partial charge in [-0.3, -0.25) is 0 Å². The molecule has 0 spiro atoms. The van der Waals surface area contributed by atoms with Gasteiger partial charge in [-0.15, -0.1) is 0 Å². The van der Waals surface area contributed by atoms with Crippen molar-refractivity contribution in [3.05, 3.63) is 11.7 Å². The van der Waals surface area contributed by atoms with Gasteiger partial charge in [0.2, 0.25) is 11.7 Å². The summed E-state index contributed by atoms with van der Waals surface area (Å²) in [6.45, 7) is 6.14. The molecule has 2 N–H and O–H groups in total. The van der Waals surface area contributed by atoms with Crippen LogP contribution in [0.5, 0.6) is 0 Å². The van der Waals surface area contributed by atoms with Gasteiger partial charge in [0.15, 0.2) is 0 Å². The maximum absolute atomic E-state index is 5.68. The van der Waals surface area contributed by atoms with E-state index in [1.807, 2.05) is 6.92 Å². The minimum absolute atomic E-state index is 0.0964. The van der Waals surface area contributed by atoms with E-state index in [2.05, 4.69) is 24.0 Å². The lowest BCUT2D eigenvalue weighted by molar-refractivity contribution is 0.0555. The number of ether oxygens (including phenoxy) is 1. The van der Waals surface area contributed by atoms with Crippen molar-refractivity contribution in [3.8, 4) is 0 Å². The zero-order valence-electron chi connectivity index (χ0n) is 11.1. The van der Waals surface area contributed by atoms with E-state index < -0.39 is 0 Å². The molecule has 98 valence electrons. The summed E-state index contributed by atoms with van der Waals surface area (Å²) < 4.78 is 10.5. The Morgan fingerprint density at radius 1 is 1.35 bits per heavy atom. The lowest BCUT2D eigenvalue weighted by Gasteiger charge is -2.14. The number of aromatic nitrogens is 2. The summed E-state index contributed by atoms with van der Waals surface area (Å²) in [5.41, 5.74) is 5.68. The molecule has 0 aromatic carbocycles. The fourth-order valence-electron chi connectivity index (χ4n) is 1.74. The molecule has 5 nitrogen and oxygen atoms in total. The van der Waals surface area contributed by atoms with Crippen molar-refractivity contribution in [3.63, 3.8) is 0 Å². The highest BCUT2D eigenvalue weighted by molar-refractivity contribution is 4.92. The Hall–Kier alpha value is -0.940. The fraction of sp³-hybridized carbons (Fsp3) is 0.833. The van der Waals surface area contributed by atoms with E-state index in [1.165, 1.54) is 0 Å². The molecule has 2 atom stereocenters. The van der Waals surface area contributed by atoms with Gasteiger partial charge >= 0.3 is 0 Å². The molecule has 5 heteroatoms. The van der Waals surface area contributed by atoms with Gasteiger partial charge in [-0.2, -0.15) is 4.98 Å². The summed E-state index contributed by atoms with van der Waals surface area (Å²) in [7, 11) is 1.66. The molecule has 17 heavy (non-hydrogen) atoms. The van der Waals surface area contributed by atoms with Crippen LogP contribution in [0, 0.1) is 5.92 Å². The molecule has 1 heterocycles. The Morgan fingerprint density at radius 3 is 2.59 bits per heavy atom. The summed E-state index contributed by atoms with van der Waals surface area (Å²) in [5.74, 6) is 1.64. The molecule has 1 aromatic heterocycles. The van der Waals surface area contributed by atoms with Gasteiger partial charge in [-0.1, -0.05) is 19.0 Å². The van der Waals surface area contributed by atoms with Crippen LogP contribution in [0.15, 0.2) is 4.52 Å². The van der Waals surface area contributed by atoms with Crippen LogP contribution in [-0.4, -0.2) is 23.3 Å². The van der Waals surface area contributed by atoms with E-state index in [4.69, 9.17) is 15.0 Å². The second kappa shape index (κ2) is 6.71. The molecule has 2 unspecified atom stereocenters. The lowest BCUT2D eigenvalue weighted by Crippen LogP contribution is -2.14. The third-order valence-electron chi connectivity index (χ3n) is 2.65. The van der Waals surface area contributed by atoms with Crippen LogP contribution < -0.4 is 5.73 Å². The predicted molar refractivity (Wildman–Crippen MR) is 65.5 cm³/mol. The first-order valence-electron chi connectivity index (χ1n) is 6.15. The van der Waals surface area contributed by atoms with Crippen LogP contribution in [0.3, 0.4) is 0 Å². The normalized spacial score (nSPS) is 15.2. The second-order valence-electron chi connectivity index (χ2n) is 4.82. The fourth-order valence-corrected chi connectivity index (χ4v) is 1.74. The van der Waals surface area contributed by atoms with Crippen LogP contribution in [0.4, 0.5) is 0 Å². The largest absolute Gasteiger partial charge is 0.373 e. The second-order valence-corrected chi connectivity index (χ2v) is 4.82. The van der Waals surface area contributed by atoms with Crippen LogP contribution >= 0.6 is 0 Å². The molecule has 0 aliphatic heterocycles. The smallest absolute Gasteiger partial charge is 0.226 e.